The van der Waals surface area contributed by atoms with Crippen molar-refractivity contribution < 1.29 is 5.21 Å². The minimum absolute atomic E-state index is 0.123. The fourth-order valence-corrected chi connectivity index (χ4v) is 0.879. The number of anilines is 1. The normalized spacial score (nSPS) is 10.2. The first-order valence-electron chi connectivity index (χ1n) is 3.75. The zero-order valence-electron chi connectivity index (χ0n) is 6.86. The topological polar surface area (TPSA) is 23.5 Å². The third-order valence-electron chi connectivity index (χ3n) is 1.51. The van der Waals surface area contributed by atoms with Crippen LogP contribution in [0.4, 0.5) is 5.69 Å². The number of nitrogens with zero attached hydrogens (tertiary/aromatic N) is 1. The summed E-state index contributed by atoms with van der Waals surface area (Å²) in [6, 6.07) is 9.61. The van der Waals surface area contributed by atoms with Gasteiger partial charge in [0.05, 0.1) is 11.7 Å². The van der Waals surface area contributed by atoms with Gasteiger partial charge in [0, 0.05) is 0 Å². The Morgan fingerprint density at radius 2 is 1.73 bits per heavy atom. The Balaban J connectivity index is 2.77. The predicted octanol–water partition coefficient (Wildman–Crippen LogP) is 2.29. The number of benzene rings is 1. The largest absolute Gasteiger partial charge is 0.288 e. The molecule has 0 bridgehead atoms. The van der Waals surface area contributed by atoms with Crippen molar-refractivity contribution in [3.8, 4) is 0 Å². The second-order valence-electron chi connectivity index (χ2n) is 2.77. The summed E-state index contributed by atoms with van der Waals surface area (Å²) in [5.74, 6) is 0. The average molecular weight is 151 g/mol. The molecule has 0 saturated heterocycles. The molecule has 0 aliphatic heterocycles. The fraction of sp³-hybridized carbons (Fsp3) is 0.333. The molecular weight excluding hydrogens is 138 g/mol. The molecular formula is C9H13NO. The maximum absolute atomic E-state index is 9.43. The van der Waals surface area contributed by atoms with Gasteiger partial charge < -0.3 is 0 Å². The lowest BCUT2D eigenvalue weighted by atomic mass is 10.3. The van der Waals surface area contributed by atoms with E-state index < -0.39 is 0 Å². The molecule has 2 heteroatoms. The third-order valence-corrected chi connectivity index (χ3v) is 1.51. The molecule has 0 aliphatic carbocycles. The monoisotopic (exact) mass is 151 g/mol. The first kappa shape index (κ1) is 8.08. The molecule has 1 N–H and O–H groups in total. The van der Waals surface area contributed by atoms with Crippen LogP contribution >= 0.6 is 0 Å². The van der Waals surface area contributed by atoms with E-state index >= 15 is 0 Å². The molecule has 1 aromatic carbocycles. The van der Waals surface area contributed by atoms with Crippen LogP contribution in [0.25, 0.3) is 0 Å². The lowest BCUT2D eigenvalue weighted by Crippen LogP contribution is -2.26. The smallest absolute Gasteiger partial charge is 0.0637 e. The van der Waals surface area contributed by atoms with Gasteiger partial charge in [-0.2, -0.15) is 0 Å². The van der Waals surface area contributed by atoms with Crippen molar-refractivity contribution in [3.05, 3.63) is 30.3 Å². The van der Waals surface area contributed by atoms with Crippen molar-refractivity contribution in [1.82, 2.24) is 0 Å². The zero-order valence-corrected chi connectivity index (χ0v) is 6.86. The van der Waals surface area contributed by atoms with Gasteiger partial charge in [0.1, 0.15) is 0 Å². The Kier molecular flexibility index (Phi) is 2.49. The SMILES string of the molecule is CC(C)N(O)c1ccccc1. The summed E-state index contributed by atoms with van der Waals surface area (Å²) in [7, 11) is 0. The van der Waals surface area contributed by atoms with Crippen molar-refractivity contribution in [1.29, 1.82) is 0 Å². The first-order chi connectivity index (χ1) is 5.22. The highest BCUT2D eigenvalue weighted by Crippen LogP contribution is 2.12. The van der Waals surface area contributed by atoms with Crippen LogP contribution in [0.1, 0.15) is 13.8 Å². The van der Waals surface area contributed by atoms with Crippen LogP contribution in [-0.2, 0) is 0 Å². The predicted molar refractivity (Wildman–Crippen MR) is 45.8 cm³/mol. The van der Waals surface area contributed by atoms with Crippen LogP contribution in [0.3, 0.4) is 0 Å². The number of hydroxylamine groups is 1. The van der Waals surface area contributed by atoms with Gasteiger partial charge in [-0.3, -0.25) is 10.3 Å². The zero-order chi connectivity index (χ0) is 8.27. The molecule has 1 aromatic rings. The van der Waals surface area contributed by atoms with Crippen LogP contribution in [-0.4, -0.2) is 11.2 Å². The second-order valence-corrected chi connectivity index (χ2v) is 2.77. The molecule has 0 atom stereocenters. The Bertz CT molecular complexity index is 208. The van der Waals surface area contributed by atoms with E-state index in [-0.39, 0.29) is 6.04 Å². The van der Waals surface area contributed by atoms with Crippen LogP contribution in [0, 0.1) is 0 Å². The van der Waals surface area contributed by atoms with E-state index in [0.29, 0.717) is 0 Å². The van der Waals surface area contributed by atoms with Crippen molar-refractivity contribution in [2.45, 2.75) is 19.9 Å². The number of rotatable bonds is 2. The highest BCUT2D eigenvalue weighted by Gasteiger charge is 2.04. The molecule has 0 spiro atoms. The van der Waals surface area contributed by atoms with Crippen LogP contribution in [0.2, 0.25) is 0 Å². The average Bonchev–Trinajstić information content (AvgIpc) is 2.05. The molecule has 2 nitrogen and oxygen atoms in total. The van der Waals surface area contributed by atoms with E-state index in [9.17, 15) is 5.21 Å². The maximum Gasteiger partial charge on any atom is 0.0637 e. The van der Waals surface area contributed by atoms with Crippen molar-refractivity contribution >= 4 is 5.69 Å². The first-order valence-corrected chi connectivity index (χ1v) is 3.75. The van der Waals surface area contributed by atoms with Crippen LogP contribution in [0.5, 0.6) is 0 Å². The van der Waals surface area contributed by atoms with Crippen molar-refractivity contribution in [2.24, 2.45) is 0 Å². The molecule has 0 unspecified atom stereocenters. The van der Waals surface area contributed by atoms with Gasteiger partial charge in [-0.05, 0) is 26.0 Å². The minimum Gasteiger partial charge on any atom is -0.288 e. The lowest BCUT2D eigenvalue weighted by molar-refractivity contribution is 0.229. The van der Waals surface area contributed by atoms with Crippen molar-refractivity contribution in [3.63, 3.8) is 0 Å². The van der Waals surface area contributed by atoms with Crippen LogP contribution < -0.4 is 5.06 Å². The molecule has 1 rings (SSSR count). The Hall–Kier alpha value is -1.02. The minimum atomic E-state index is 0.123. The van der Waals surface area contributed by atoms with Gasteiger partial charge in [-0.25, -0.2) is 0 Å². The standard InChI is InChI=1S/C9H13NO/c1-8(2)10(11)9-6-4-3-5-7-9/h3-8,11H,1-2H3. The van der Waals surface area contributed by atoms with Gasteiger partial charge in [0.25, 0.3) is 0 Å². The van der Waals surface area contributed by atoms with E-state index in [0.717, 1.165) is 5.69 Å². The molecule has 0 heterocycles. The third kappa shape index (κ3) is 1.95. The lowest BCUT2D eigenvalue weighted by Gasteiger charge is -2.20. The molecule has 0 aromatic heterocycles. The molecule has 0 saturated carbocycles. The Morgan fingerprint density at radius 3 is 2.18 bits per heavy atom. The molecule has 60 valence electrons. The highest BCUT2D eigenvalue weighted by atomic mass is 16.5. The van der Waals surface area contributed by atoms with Gasteiger partial charge in [0.2, 0.25) is 0 Å². The maximum atomic E-state index is 9.43. The van der Waals surface area contributed by atoms with E-state index in [2.05, 4.69) is 0 Å². The Labute approximate surface area is 67.0 Å². The van der Waals surface area contributed by atoms with E-state index in [4.69, 9.17) is 0 Å². The molecule has 0 radical (unpaired) electrons. The van der Waals surface area contributed by atoms with Gasteiger partial charge in [0.15, 0.2) is 0 Å². The number of hydrogen-bond donors (Lipinski definition) is 1. The molecule has 0 amide bonds. The summed E-state index contributed by atoms with van der Waals surface area (Å²) in [5, 5.41) is 10.7. The molecule has 0 aliphatic rings. The number of para-hydroxylation sites is 1. The highest BCUT2D eigenvalue weighted by molar-refractivity contribution is 5.43. The Morgan fingerprint density at radius 1 is 1.18 bits per heavy atom. The van der Waals surface area contributed by atoms with E-state index in [1.54, 1.807) is 0 Å². The van der Waals surface area contributed by atoms with Crippen molar-refractivity contribution in [2.75, 3.05) is 5.06 Å². The summed E-state index contributed by atoms with van der Waals surface area (Å²) >= 11 is 0. The van der Waals surface area contributed by atoms with E-state index in [1.807, 2.05) is 44.2 Å². The summed E-state index contributed by atoms with van der Waals surface area (Å²) in [5.41, 5.74) is 0.836. The van der Waals surface area contributed by atoms with Gasteiger partial charge in [-0.1, -0.05) is 18.2 Å². The van der Waals surface area contributed by atoms with E-state index in [1.165, 1.54) is 5.06 Å². The summed E-state index contributed by atoms with van der Waals surface area (Å²) in [6.07, 6.45) is 0. The molecule has 0 fully saturated rings. The van der Waals surface area contributed by atoms with Gasteiger partial charge in [-0.15, -0.1) is 0 Å². The summed E-state index contributed by atoms with van der Waals surface area (Å²) < 4.78 is 0. The molecule has 11 heavy (non-hydrogen) atoms. The van der Waals surface area contributed by atoms with Gasteiger partial charge >= 0.3 is 0 Å². The van der Waals surface area contributed by atoms with Crippen LogP contribution in [0.15, 0.2) is 30.3 Å². The summed E-state index contributed by atoms with van der Waals surface area (Å²) in [4.78, 5) is 0. The summed E-state index contributed by atoms with van der Waals surface area (Å²) in [6.45, 7) is 3.88. The number of hydrogen-bond acceptors (Lipinski definition) is 2. The quantitative estimate of drug-likeness (QED) is 0.655. The fourth-order valence-electron chi connectivity index (χ4n) is 0.879. The second kappa shape index (κ2) is 3.39.